The zero-order valence-electron chi connectivity index (χ0n) is 11.6. The van der Waals surface area contributed by atoms with Gasteiger partial charge in [0.15, 0.2) is 0 Å². The molecule has 1 aliphatic rings. The van der Waals surface area contributed by atoms with Crippen LogP contribution in [-0.4, -0.2) is 49.3 Å². The van der Waals surface area contributed by atoms with Gasteiger partial charge in [-0.1, -0.05) is 13.8 Å². The van der Waals surface area contributed by atoms with E-state index < -0.39 is 12.1 Å². The normalized spacial score (nSPS) is 21.1. The molecular formula is C13H24N2O4. The van der Waals surface area contributed by atoms with Crippen LogP contribution in [-0.2, 0) is 14.3 Å². The minimum atomic E-state index is -0.824. The predicted molar refractivity (Wildman–Crippen MR) is 70.8 cm³/mol. The summed E-state index contributed by atoms with van der Waals surface area (Å²) in [5, 5.41) is 14.7. The number of hydrogen-bond donors (Lipinski definition) is 3. The molecule has 1 saturated heterocycles. The summed E-state index contributed by atoms with van der Waals surface area (Å²) in [6, 6.07) is 0. The van der Waals surface area contributed by atoms with E-state index in [2.05, 4.69) is 10.6 Å². The lowest BCUT2D eigenvalue weighted by Crippen LogP contribution is -2.48. The van der Waals surface area contributed by atoms with Crippen molar-refractivity contribution in [3.05, 3.63) is 0 Å². The monoisotopic (exact) mass is 272 g/mol. The van der Waals surface area contributed by atoms with Crippen LogP contribution >= 0.6 is 0 Å². The Morgan fingerprint density at radius 2 is 2.21 bits per heavy atom. The van der Waals surface area contributed by atoms with Gasteiger partial charge in [0.05, 0.1) is 6.61 Å². The van der Waals surface area contributed by atoms with E-state index in [4.69, 9.17) is 9.84 Å². The Morgan fingerprint density at radius 3 is 2.74 bits per heavy atom. The SMILES string of the molecule is CC(C)CC(CNC(=O)C1CNCCO1)CC(=O)O. The molecule has 1 heterocycles. The molecule has 0 aromatic rings. The quantitative estimate of drug-likeness (QED) is 0.617. The molecule has 6 nitrogen and oxygen atoms in total. The number of carboxylic acid groups (broad SMARTS) is 1. The number of hydrogen-bond acceptors (Lipinski definition) is 4. The molecule has 6 heteroatoms. The minimum Gasteiger partial charge on any atom is -0.481 e. The number of rotatable bonds is 7. The molecule has 0 radical (unpaired) electrons. The van der Waals surface area contributed by atoms with Crippen LogP contribution in [0.3, 0.4) is 0 Å². The lowest BCUT2D eigenvalue weighted by molar-refractivity contribution is -0.139. The summed E-state index contributed by atoms with van der Waals surface area (Å²) in [4.78, 5) is 22.6. The lowest BCUT2D eigenvalue weighted by atomic mass is 9.94. The topological polar surface area (TPSA) is 87.7 Å². The third kappa shape index (κ3) is 6.54. The van der Waals surface area contributed by atoms with E-state index in [0.29, 0.717) is 25.6 Å². The lowest BCUT2D eigenvalue weighted by Gasteiger charge is -2.24. The van der Waals surface area contributed by atoms with Crippen LogP contribution in [0.1, 0.15) is 26.7 Å². The molecule has 1 fully saturated rings. The summed E-state index contributed by atoms with van der Waals surface area (Å²) < 4.78 is 5.34. The Hall–Kier alpha value is -1.14. The fourth-order valence-electron chi connectivity index (χ4n) is 2.25. The zero-order valence-corrected chi connectivity index (χ0v) is 11.6. The molecule has 0 aliphatic carbocycles. The molecule has 0 spiro atoms. The van der Waals surface area contributed by atoms with Crippen molar-refractivity contribution in [2.45, 2.75) is 32.8 Å². The number of aliphatic carboxylic acids is 1. The largest absolute Gasteiger partial charge is 0.481 e. The second-order valence-electron chi connectivity index (χ2n) is 5.40. The number of nitrogens with one attached hydrogen (secondary N) is 2. The van der Waals surface area contributed by atoms with E-state index in [1.807, 2.05) is 13.8 Å². The number of ether oxygens (including phenoxy) is 1. The molecule has 1 rings (SSSR count). The highest BCUT2D eigenvalue weighted by Gasteiger charge is 2.23. The van der Waals surface area contributed by atoms with Crippen LogP contribution in [0, 0.1) is 11.8 Å². The van der Waals surface area contributed by atoms with Gasteiger partial charge < -0.3 is 20.5 Å². The first kappa shape index (κ1) is 15.9. The highest BCUT2D eigenvalue weighted by molar-refractivity contribution is 5.81. The standard InChI is InChI=1S/C13H24N2O4/c1-9(2)5-10(6-12(16)17)7-15-13(18)11-8-14-3-4-19-11/h9-11,14H,3-8H2,1-2H3,(H,15,18)(H,16,17). The van der Waals surface area contributed by atoms with Gasteiger partial charge >= 0.3 is 5.97 Å². The van der Waals surface area contributed by atoms with Crippen LogP contribution in [0.25, 0.3) is 0 Å². The molecule has 2 atom stereocenters. The highest BCUT2D eigenvalue weighted by Crippen LogP contribution is 2.14. The number of carbonyl (C=O) groups is 2. The average molecular weight is 272 g/mol. The molecule has 0 aromatic carbocycles. The van der Waals surface area contributed by atoms with Crippen LogP contribution in [0.15, 0.2) is 0 Å². The fourth-order valence-corrected chi connectivity index (χ4v) is 2.25. The smallest absolute Gasteiger partial charge is 0.303 e. The third-order valence-corrected chi connectivity index (χ3v) is 3.05. The number of carboxylic acids is 1. The fraction of sp³-hybridized carbons (Fsp3) is 0.846. The van der Waals surface area contributed by atoms with E-state index in [0.717, 1.165) is 13.0 Å². The van der Waals surface area contributed by atoms with Gasteiger partial charge in [-0.2, -0.15) is 0 Å². The van der Waals surface area contributed by atoms with E-state index in [9.17, 15) is 9.59 Å². The molecule has 1 aliphatic heterocycles. The average Bonchev–Trinajstić information content (AvgIpc) is 2.35. The van der Waals surface area contributed by atoms with Crippen molar-refractivity contribution >= 4 is 11.9 Å². The second kappa shape index (κ2) is 8.12. The van der Waals surface area contributed by atoms with Crippen molar-refractivity contribution in [3.8, 4) is 0 Å². The Morgan fingerprint density at radius 1 is 1.47 bits per heavy atom. The van der Waals surface area contributed by atoms with Crippen LogP contribution in [0.2, 0.25) is 0 Å². The van der Waals surface area contributed by atoms with Crippen LogP contribution < -0.4 is 10.6 Å². The number of carbonyl (C=O) groups excluding carboxylic acids is 1. The van der Waals surface area contributed by atoms with Crippen molar-refractivity contribution < 1.29 is 19.4 Å². The first-order valence-corrected chi connectivity index (χ1v) is 6.81. The maximum atomic E-state index is 11.9. The van der Waals surface area contributed by atoms with Gasteiger partial charge in [-0.3, -0.25) is 9.59 Å². The van der Waals surface area contributed by atoms with Gasteiger partial charge in [0, 0.05) is 26.1 Å². The second-order valence-corrected chi connectivity index (χ2v) is 5.40. The Bertz CT molecular complexity index is 301. The molecule has 1 amide bonds. The first-order valence-electron chi connectivity index (χ1n) is 6.81. The molecule has 110 valence electrons. The molecular weight excluding hydrogens is 248 g/mol. The van der Waals surface area contributed by atoms with Crippen LogP contribution in [0.4, 0.5) is 0 Å². The van der Waals surface area contributed by atoms with E-state index >= 15 is 0 Å². The number of amides is 1. The van der Waals surface area contributed by atoms with E-state index in [-0.39, 0.29) is 18.2 Å². The molecule has 19 heavy (non-hydrogen) atoms. The maximum Gasteiger partial charge on any atom is 0.303 e. The predicted octanol–water partition coefficient (Wildman–Crippen LogP) is 0.228. The molecule has 0 saturated carbocycles. The van der Waals surface area contributed by atoms with Gasteiger partial charge in [0.25, 0.3) is 0 Å². The van der Waals surface area contributed by atoms with Gasteiger partial charge in [0.1, 0.15) is 6.10 Å². The van der Waals surface area contributed by atoms with Gasteiger partial charge in [-0.25, -0.2) is 0 Å². The summed E-state index contributed by atoms with van der Waals surface area (Å²) in [7, 11) is 0. The number of morpholine rings is 1. The summed E-state index contributed by atoms with van der Waals surface area (Å²) in [6.45, 7) is 6.29. The van der Waals surface area contributed by atoms with Crippen molar-refractivity contribution in [2.24, 2.45) is 11.8 Å². The summed E-state index contributed by atoms with van der Waals surface area (Å²) in [5.41, 5.74) is 0. The Kier molecular flexibility index (Phi) is 6.80. The minimum absolute atomic E-state index is 0.0296. The van der Waals surface area contributed by atoms with E-state index in [1.165, 1.54) is 0 Å². The van der Waals surface area contributed by atoms with Crippen molar-refractivity contribution in [3.63, 3.8) is 0 Å². The molecule has 3 N–H and O–H groups in total. The Labute approximate surface area is 113 Å². The summed E-state index contributed by atoms with van der Waals surface area (Å²) >= 11 is 0. The third-order valence-electron chi connectivity index (χ3n) is 3.05. The van der Waals surface area contributed by atoms with Gasteiger partial charge in [0.2, 0.25) is 5.91 Å². The maximum absolute atomic E-state index is 11.9. The summed E-state index contributed by atoms with van der Waals surface area (Å²) in [6.07, 6.45) is 0.414. The van der Waals surface area contributed by atoms with Crippen molar-refractivity contribution in [1.29, 1.82) is 0 Å². The van der Waals surface area contributed by atoms with Crippen molar-refractivity contribution in [2.75, 3.05) is 26.2 Å². The Balaban J connectivity index is 2.36. The van der Waals surface area contributed by atoms with Gasteiger partial charge in [-0.05, 0) is 18.3 Å². The highest BCUT2D eigenvalue weighted by atomic mass is 16.5. The zero-order chi connectivity index (χ0) is 14.3. The van der Waals surface area contributed by atoms with Crippen molar-refractivity contribution in [1.82, 2.24) is 10.6 Å². The van der Waals surface area contributed by atoms with Crippen LogP contribution in [0.5, 0.6) is 0 Å². The molecule has 0 bridgehead atoms. The van der Waals surface area contributed by atoms with Gasteiger partial charge in [-0.15, -0.1) is 0 Å². The first-order chi connectivity index (χ1) is 8.99. The van der Waals surface area contributed by atoms with E-state index in [1.54, 1.807) is 0 Å². The molecule has 2 unspecified atom stereocenters. The molecule has 0 aromatic heterocycles. The summed E-state index contributed by atoms with van der Waals surface area (Å²) in [5.74, 6) is -0.603.